The van der Waals surface area contributed by atoms with E-state index >= 15 is 0 Å². The van der Waals surface area contributed by atoms with Gasteiger partial charge in [-0.15, -0.1) is 0 Å². The van der Waals surface area contributed by atoms with Crippen LogP contribution in [0, 0.1) is 0 Å². The third-order valence-corrected chi connectivity index (χ3v) is 9.24. The van der Waals surface area contributed by atoms with Crippen LogP contribution >= 0.6 is 23.2 Å². The average Bonchev–Trinajstić information content (AvgIpc) is 3.58. The molecule has 2 saturated heterocycles. The number of anilines is 1. The van der Waals surface area contributed by atoms with Crippen molar-refractivity contribution in [2.45, 2.75) is 32.0 Å². The number of carbonyl (C=O) groups is 2. The molecule has 0 radical (unpaired) electrons. The van der Waals surface area contributed by atoms with Gasteiger partial charge in [-0.2, -0.15) is 5.10 Å². The van der Waals surface area contributed by atoms with E-state index in [-0.39, 0.29) is 46.6 Å². The van der Waals surface area contributed by atoms with Crippen molar-refractivity contribution in [3.8, 4) is 28.0 Å². The number of aromatic carboxylic acids is 1. The van der Waals surface area contributed by atoms with E-state index < -0.39 is 5.97 Å². The number of hydrogen-bond acceptors (Lipinski definition) is 7. The van der Waals surface area contributed by atoms with Crippen LogP contribution in [0.2, 0.25) is 10.0 Å². The first kappa shape index (κ1) is 30.6. The predicted molar refractivity (Wildman–Crippen MR) is 174 cm³/mol. The summed E-state index contributed by atoms with van der Waals surface area (Å²) in [5.41, 5.74) is 5.11. The Labute approximate surface area is 276 Å². The Morgan fingerprint density at radius 3 is 2.48 bits per heavy atom. The lowest BCUT2D eigenvalue weighted by atomic mass is 9.97. The largest absolute Gasteiger partial charge is 0.478 e. The molecule has 46 heavy (non-hydrogen) atoms. The van der Waals surface area contributed by atoms with Gasteiger partial charge < -0.3 is 29.1 Å². The van der Waals surface area contributed by atoms with Crippen LogP contribution in [0.1, 0.15) is 51.8 Å². The molecule has 2 fully saturated rings. The van der Waals surface area contributed by atoms with Crippen LogP contribution in [0.5, 0.6) is 5.75 Å². The van der Waals surface area contributed by atoms with Crippen LogP contribution in [0.3, 0.4) is 0 Å². The van der Waals surface area contributed by atoms with E-state index in [1.165, 1.54) is 0 Å². The Bertz CT molecular complexity index is 1780. The fourth-order valence-electron chi connectivity index (χ4n) is 6.26. The van der Waals surface area contributed by atoms with Crippen LogP contribution in [-0.2, 0) is 16.0 Å². The third kappa shape index (κ3) is 5.93. The van der Waals surface area contributed by atoms with Gasteiger partial charge in [-0.3, -0.25) is 4.79 Å². The third-order valence-electron chi connectivity index (χ3n) is 8.64. The maximum atomic E-state index is 13.8. The number of nitrogens with zero attached hydrogens (tertiary/aromatic N) is 4. The highest BCUT2D eigenvalue weighted by molar-refractivity contribution is 6.40. The van der Waals surface area contributed by atoms with Crippen LogP contribution in [0.15, 0.2) is 60.9 Å². The molecular formula is C34H32Cl2N4O6. The van der Waals surface area contributed by atoms with E-state index in [0.717, 1.165) is 53.7 Å². The number of morpholine rings is 1. The molecule has 10 nitrogen and oxygen atoms in total. The molecule has 0 saturated carbocycles. The van der Waals surface area contributed by atoms with Gasteiger partial charge in [0.05, 0.1) is 52.8 Å². The molecule has 4 aromatic rings. The van der Waals surface area contributed by atoms with Gasteiger partial charge in [-0.1, -0.05) is 47.5 Å². The molecular weight excluding hydrogens is 631 g/mol. The number of carboxylic acids is 1. The number of rotatable bonds is 6. The van der Waals surface area contributed by atoms with Gasteiger partial charge in [-0.25, -0.2) is 9.48 Å². The Morgan fingerprint density at radius 1 is 0.935 bits per heavy atom. The highest BCUT2D eigenvalue weighted by Gasteiger charge is 2.29. The quantitative estimate of drug-likeness (QED) is 0.242. The molecule has 0 spiro atoms. The lowest BCUT2D eigenvalue weighted by molar-refractivity contribution is -0.0394. The summed E-state index contributed by atoms with van der Waals surface area (Å²) in [6.45, 7) is 3.28. The van der Waals surface area contributed by atoms with E-state index in [2.05, 4.69) is 5.10 Å². The van der Waals surface area contributed by atoms with E-state index in [0.29, 0.717) is 37.7 Å². The molecule has 1 amide bonds. The molecule has 0 aliphatic carbocycles. The zero-order valence-corrected chi connectivity index (χ0v) is 26.5. The molecule has 1 unspecified atom stereocenters. The Balaban J connectivity index is 1.12. The number of ether oxygens (including phenoxy) is 3. The molecule has 1 aromatic heterocycles. The molecule has 1 atom stereocenters. The van der Waals surface area contributed by atoms with E-state index in [9.17, 15) is 14.7 Å². The maximum absolute atomic E-state index is 13.8. The van der Waals surface area contributed by atoms with Crippen LogP contribution in [0.4, 0.5) is 5.69 Å². The second kappa shape index (κ2) is 13.0. The van der Waals surface area contributed by atoms with Crippen molar-refractivity contribution in [2.24, 2.45) is 0 Å². The van der Waals surface area contributed by atoms with Crippen LogP contribution < -0.4 is 9.64 Å². The van der Waals surface area contributed by atoms with E-state index in [1.807, 2.05) is 40.0 Å². The highest BCUT2D eigenvalue weighted by atomic mass is 35.5. The summed E-state index contributed by atoms with van der Waals surface area (Å²) in [7, 11) is 0. The minimum absolute atomic E-state index is 0.00501. The Kier molecular flexibility index (Phi) is 8.61. The lowest BCUT2D eigenvalue weighted by Gasteiger charge is -2.32. The summed E-state index contributed by atoms with van der Waals surface area (Å²) >= 11 is 13.4. The number of amides is 1. The highest BCUT2D eigenvalue weighted by Crippen LogP contribution is 2.40. The zero-order valence-electron chi connectivity index (χ0n) is 25.0. The first-order valence-electron chi connectivity index (χ1n) is 15.3. The van der Waals surface area contributed by atoms with Crippen LogP contribution in [-0.4, -0.2) is 71.3 Å². The normalized spacial score (nSPS) is 18.2. The molecule has 12 heteroatoms. The second-order valence-electron chi connectivity index (χ2n) is 11.6. The summed E-state index contributed by atoms with van der Waals surface area (Å²) in [5.74, 6) is -0.679. The summed E-state index contributed by atoms with van der Waals surface area (Å²) in [4.78, 5) is 29.4. The fraction of sp³-hybridized carbons (Fsp3) is 0.324. The summed E-state index contributed by atoms with van der Waals surface area (Å²) in [5, 5.41) is 14.8. The van der Waals surface area contributed by atoms with Gasteiger partial charge in [0, 0.05) is 42.6 Å². The Hall–Kier alpha value is -4.09. The number of halogens is 2. The number of carbonyl (C=O) groups excluding carboxylic acids is 1. The molecule has 238 valence electrons. The molecule has 3 aliphatic rings. The number of carboxylic acid groups (broad SMARTS) is 1. The van der Waals surface area contributed by atoms with Crippen molar-refractivity contribution >= 4 is 40.8 Å². The molecule has 0 bridgehead atoms. The van der Waals surface area contributed by atoms with Crippen molar-refractivity contribution in [2.75, 3.05) is 44.5 Å². The molecule has 1 N–H and O–H groups in total. The second-order valence-corrected chi connectivity index (χ2v) is 12.4. The number of hydrogen-bond donors (Lipinski definition) is 1. The average molecular weight is 664 g/mol. The van der Waals surface area contributed by atoms with Crippen molar-refractivity contribution < 1.29 is 28.9 Å². The SMILES string of the molecule is O=C(O)c1ccc(-c2cccc3c2OCN(C(=O)c2c(Cl)cc(-c4cnn(C5CCCCO5)c4)cc2Cl)C3)cc1N1CCOCC1. The van der Waals surface area contributed by atoms with Gasteiger partial charge in [-0.05, 0) is 54.7 Å². The van der Waals surface area contributed by atoms with Crippen molar-refractivity contribution in [3.05, 3.63) is 87.7 Å². The van der Waals surface area contributed by atoms with Gasteiger partial charge in [0.15, 0.2) is 6.73 Å². The summed E-state index contributed by atoms with van der Waals surface area (Å²) in [6.07, 6.45) is 6.62. The van der Waals surface area contributed by atoms with Crippen molar-refractivity contribution in [1.29, 1.82) is 0 Å². The van der Waals surface area contributed by atoms with Gasteiger partial charge in [0.2, 0.25) is 0 Å². The topological polar surface area (TPSA) is 106 Å². The monoisotopic (exact) mass is 662 g/mol. The predicted octanol–water partition coefficient (Wildman–Crippen LogP) is 6.75. The summed E-state index contributed by atoms with van der Waals surface area (Å²) < 4.78 is 19.3. The zero-order chi connectivity index (χ0) is 31.8. The van der Waals surface area contributed by atoms with Gasteiger partial charge in [0.25, 0.3) is 5.91 Å². The number of benzene rings is 3. The van der Waals surface area contributed by atoms with Crippen molar-refractivity contribution in [1.82, 2.24) is 14.7 Å². The van der Waals surface area contributed by atoms with Crippen molar-refractivity contribution in [3.63, 3.8) is 0 Å². The van der Waals surface area contributed by atoms with E-state index in [1.54, 1.807) is 35.4 Å². The molecule has 3 aliphatic heterocycles. The first-order chi connectivity index (χ1) is 22.4. The standard InChI is InChI=1S/C34H32Cl2N4O6/c35-27-14-23(24-17-37-40(19-24)30-6-1-2-11-45-30)15-28(36)31(27)33(41)39-18-22-4-3-5-25(32(22)46-20-39)21-7-8-26(34(42)43)29(16-21)38-9-12-44-13-10-38/h3-5,7-8,14-17,19,30H,1-2,6,9-13,18,20H2,(H,42,43). The minimum Gasteiger partial charge on any atom is -0.478 e. The maximum Gasteiger partial charge on any atom is 0.337 e. The smallest absolute Gasteiger partial charge is 0.337 e. The number of fused-ring (bicyclic) bond motifs is 1. The minimum atomic E-state index is -0.983. The lowest BCUT2D eigenvalue weighted by Crippen LogP contribution is -2.37. The van der Waals surface area contributed by atoms with Crippen LogP contribution in [0.25, 0.3) is 22.3 Å². The molecule has 4 heterocycles. The van der Waals surface area contributed by atoms with E-state index in [4.69, 9.17) is 37.4 Å². The number of para-hydroxylation sites is 1. The van der Waals surface area contributed by atoms with Gasteiger partial charge >= 0.3 is 5.97 Å². The fourth-order valence-corrected chi connectivity index (χ4v) is 6.91. The van der Waals surface area contributed by atoms with Gasteiger partial charge in [0.1, 0.15) is 12.0 Å². The molecule has 3 aromatic carbocycles. The Morgan fingerprint density at radius 2 is 1.74 bits per heavy atom. The summed E-state index contributed by atoms with van der Waals surface area (Å²) in [6, 6.07) is 14.5. The number of aromatic nitrogens is 2. The molecule has 7 rings (SSSR count). The first-order valence-corrected chi connectivity index (χ1v) is 16.0.